The predicted octanol–water partition coefficient (Wildman–Crippen LogP) is 5.59. The van der Waals surface area contributed by atoms with Crippen LogP contribution < -0.4 is 10.7 Å². The smallest absolute Gasteiger partial charge is 0.303 e. The van der Waals surface area contributed by atoms with E-state index < -0.39 is 47.1 Å². The third-order valence-electron chi connectivity index (χ3n) is 9.12. The van der Waals surface area contributed by atoms with Crippen molar-refractivity contribution in [1.29, 1.82) is 0 Å². The second kappa shape index (κ2) is 16.5. The summed E-state index contributed by atoms with van der Waals surface area (Å²) in [5.74, 6) is -1.40. The van der Waals surface area contributed by atoms with Crippen LogP contribution in [0.15, 0.2) is 127 Å². The van der Waals surface area contributed by atoms with Gasteiger partial charge in [0.15, 0.2) is 0 Å². The van der Waals surface area contributed by atoms with Gasteiger partial charge in [-0.05, 0) is 65.6 Å². The topological polar surface area (TPSA) is 258 Å². The Kier molecular flexibility index (Phi) is 11.8. The summed E-state index contributed by atoms with van der Waals surface area (Å²) in [6, 6.07) is 24.8. The van der Waals surface area contributed by atoms with Gasteiger partial charge in [0.2, 0.25) is 0 Å². The van der Waals surface area contributed by atoms with E-state index >= 15 is 0 Å². The summed E-state index contributed by atoms with van der Waals surface area (Å²) < 4.78 is 109. The normalized spacial score (nSPS) is 12.5. The number of nitrogens with zero attached hydrogens (tertiary/aromatic N) is 2. The van der Waals surface area contributed by atoms with Crippen LogP contribution in [0.1, 0.15) is 34.3 Å². The molecule has 4 aromatic carbocycles. The summed E-state index contributed by atoms with van der Waals surface area (Å²) in [5.41, 5.74) is 2.40. The monoisotopic (exact) mass is 849 g/mol. The lowest BCUT2D eigenvalue weighted by Crippen LogP contribution is -2.28. The number of fused-ring (bicyclic) bond motifs is 2. The van der Waals surface area contributed by atoms with Crippen LogP contribution in [0.3, 0.4) is 0 Å². The van der Waals surface area contributed by atoms with Gasteiger partial charge in [0.25, 0.3) is 36.3 Å². The van der Waals surface area contributed by atoms with Gasteiger partial charge in [0.1, 0.15) is 16.2 Å². The number of amides is 1. The van der Waals surface area contributed by atoms with Gasteiger partial charge in [0, 0.05) is 66.5 Å². The third-order valence-corrected chi connectivity index (χ3v) is 11.8. The lowest BCUT2D eigenvalue weighted by Gasteiger charge is -2.22. The first-order valence-electron chi connectivity index (χ1n) is 17.3. The highest BCUT2D eigenvalue weighted by Gasteiger charge is 2.26. The second-order valence-electron chi connectivity index (χ2n) is 13.1. The zero-order valence-electron chi connectivity index (χ0n) is 30.4. The van der Waals surface area contributed by atoms with Crippen molar-refractivity contribution in [2.75, 3.05) is 18.9 Å². The number of hydrogen-bond donors (Lipinski definition) is 5. The molecule has 0 saturated heterocycles. The lowest BCUT2D eigenvalue weighted by molar-refractivity contribution is -0.137. The molecule has 0 radical (unpaired) electrons. The Morgan fingerprint density at radius 1 is 0.759 bits per heavy atom. The molecule has 16 nitrogen and oxygen atoms in total. The molecule has 0 fully saturated rings. The van der Waals surface area contributed by atoms with Crippen LogP contribution in [0.4, 0.5) is 5.69 Å². The minimum atomic E-state index is -4.96. The number of carboxylic acids is 1. The van der Waals surface area contributed by atoms with Crippen molar-refractivity contribution < 1.29 is 58.0 Å². The molecule has 0 spiro atoms. The Morgan fingerprint density at radius 3 is 2.10 bits per heavy atom. The number of carboxylic acid groups (broad SMARTS) is 1. The standard InChI is InChI=1S/C39H35N3O13S3/c1-42(18-6-11-37(43)44)39(45)29-9-4-3-8-28(29)38-30-17-14-26(40-23-25-7-2-5-10-35(25)57(49,50)51)19-33(30)55-34-21-32(36(20-31(34)38)58(52,53)54)41-22-24-12-15-27(16-13-24)56(46,47)48/h2-5,7-10,12-17,19-21,40H,6,11,18,22-23H2,1H3,(H,43,44)(H,46,47,48)(H,49,50,51)(H,52,53,54). The quantitative estimate of drug-likeness (QED) is 0.0661. The fraction of sp³-hybridized carbons (Fsp3) is 0.154. The van der Waals surface area contributed by atoms with Crippen molar-refractivity contribution in [3.05, 3.63) is 125 Å². The van der Waals surface area contributed by atoms with Crippen LogP contribution >= 0.6 is 0 Å². The number of nitrogens with one attached hydrogen (secondary N) is 1. The van der Waals surface area contributed by atoms with E-state index in [1.807, 2.05) is 0 Å². The maximum absolute atomic E-state index is 13.9. The molecule has 1 aliphatic heterocycles. The summed E-state index contributed by atoms with van der Waals surface area (Å²) >= 11 is 0. The van der Waals surface area contributed by atoms with Crippen LogP contribution in [0.25, 0.3) is 33.4 Å². The Labute approximate surface area is 332 Å². The minimum Gasteiger partial charge on any atom is -0.481 e. The molecule has 0 unspecified atom stereocenters. The molecule has 0 aromatic heterocycles. The van der Waals surface area contributed by atoms with Gasteiger partial charge >= 0.3 is 5.97 Å². The van der Waals surface area contributed by atoms with E-state index in [1.165, 1.54) is 54.4 Å². The highest BCUT2D eigenvalue weighted by molar-refractivity contribution is 7.86. The zero-order chi connectivity index (χ0) is 42.0. The molecule has 6 rings (SSSR count). The summed E-state index contributed by atoms with van der Waals surface area (Å²) in [4.78, 5) is 29.6. The number of anilines is 1. The van der Waals surface area contributed by atoms with Crippen molar-refractivity contribution in [1.82, 2.24) is 4.90 Å². The number of benzene rings is 5. The Bertz CT molecular complexity index is 2950. The molecule has 1 heterocycles. The molecule has 1 amide bonds. The Hall–Kier alpha value is -5.96. The van der Waals surface area contributed by atoms with Crippen molar-refractivity contribution in [2.24, 2.45) is 4.99 Å². The second-order valence-corrected chi connectivity index (χ2v) is 17.3. The molecule has 0 bridgehead atoms. The molecule has 2 aliphatic rings. The van der Waals surface area contributed by atoms with Gasteiger partial charge in [-0.1, -0.05) is 48.5 Å². The molecule has 5 N–H and O–H groups in total. The molecular weight excluding hydrogens is 815 g/mol. The van der Waals surface area contributed by atoms with Crippen molar-refractivity contribution in [3.63, 3.8) is 0 Å². The van der Waals surface area contributed by atoms with E-state index in [-0.39, 0.29) is 75.7 Å². The van der Waals surface area contributed by atoms with Gasteiger partial charge < -0.3 is 19.7 Å². The lowest BCUT2D eigenvalue weighted by atomic mass is 9.90. The van der Waals surface area contributed by atoms with Gasteiger partial charge in [-0.15, -0.1) is 0 Å². The number of carbonyl (C=O) groups excluding carboxylic acids is 1. The van der Waals surface area contributed by atoms with Crippen molar-refractivity contribution in [2.45, 2.75) is 40.6 Å². The molecule has 0 atom stereocenters. The largest absolute Gasteiger partial charge is 0.481 e. The molecular formula is C39H35N3O13S3. The molecule has 0 saturated carbocycles. The fourth-order valence-electron chi connectivity index (χ4n) is 6.34. The summed E-state index contributed by atoms with van der Waals surface area (Å²) in [7, 11) is -12.4. The third kappa shape index (κ3) is 9.42. The first-order chi connectivity index (χ1) is 27.3. The van der Waals surface area contributed by atoms with Crippen LogP contribution in [-0.4, -0.2) is 74.4 Å². The molecule has 4 aromatic rings. The number of rotatable bonds is 14. The van der Waals surface area contributed by atoms with Crippen LogP contribution in [0.5, 0.6) is 0 Å². The minimum absolute atomic E-state index is 0.0284. The predicted molar refractivity (Wildman–Crippen MR) is 211 cm³/mol. The average Bonchev–Trinajstić information content (AvgIpc) is 3.16. The average molecular weight is 850 g/mol. The Morgan fingerprint density at radius 2 is 1.43 bits per heavy atom. The maximum Gasteiger partial charge on any atom is 0.303 e. The van der Waals surface area contributed by atoms with Crippen molar-refractivity contribution >= 4 is 58.9 Å². The molecule has 302 valence electrons. The van der Waals surface area contributed by atoms with Crippen molar-refractivity contribution in [3.8, 4) is 22.5 Å². The van der Waals surface area contributed by atoms with Gasteiger partial charge in [0.05, 0.1) is 21.7 Å². The van der Waals surface area contributed by atoms with E-state index in [9.17, 15) is 48.5 Å². The zero-order valence-corrected chi connectivity index (χ0v) is 32.9. The Balaban J connectivity index is 1.55. The van der Waals surface area contributed by atoms with Gasteiger partial charge in [-0.2, -0.15) is 25.3 Å². The molecule has 1 aliphatic carbocycles. The van der Waals surface area contributed by atoms with E-state index in [2.05, 4.69) is 10.3 Å². The molecule has 58 heavy (non-hydrogen) atoms. The van der Waals surface area contributed by atoms with Gasteiger partial charge in [-0.25, -0.2) is 0 Å². The maximum atomic E-state index is 13.9. The summed E-state index contributed by atoms with van der Waals surface area (Å²) in [6.45, 7) is -0.0958. The van der Waals surface area contributed by atoms with Crippen LogP contribution in [-0.2, 0) is 48.2 Å². The highest BCUT2D eigenvalue weighted by atomic mass is 32.2. The summed E-state index contributed by atoms with van der Waals surface area (Å²) in [5, 5.41) is 12.4. The number of hydrogen-bond acceptors (Lipinski definition) is 11. The van der Waals surface area contributed by atoms with E-state index in [0.29, 0.717) is 27.8 Å². The first-order valence-corrected chi connectivity index (χ1v) is 21.6. The van der Waals surface area contributed by atoms with E-state index in [1.54, 1.807) is 48.5 Å². The number of carbonyl (C=O) groups is 2. The van der Waals surface area contributed by atoms with Crippen LogP contribution in [0, 0.1) is 0 Å². The van der Waals surface area contributed by atoms with E-state index in [0.717, 1.165) is 12.1 Å². The highest BCUT2D eigenvalue weighted by Crippen LogP contribution is 2.43. The number of aliphatic carboxylic acids is 1. The first kappa shape index (κ1) is 41.7. The van der Waals surface area contributed by atoms with Crippen LogP contribution in [0.2, 0.25) is 0 Å². The van der Waals surface area contributed by atoms with Gasteiger partial charge in [-0.3, -0.25) is 28.2 Å². The summed E-state index contributed by atoms with van der Waals surface area (Å²) in [6.07, 6.45) is 0.0309. The molecule has 19 heteroatoms. The van der Waals surface area contributed by atoms with E-state index in [4.69, 9.17) is 9.52 Å². The SMILES string of the molecule is CN(CCCC(=O)O)C(=O)c1ccccc1-c1c2cc(S(=O)(=O)O)c(=NCc3ccc(S(=O)(=O)O)cc3)cc-2oc2cc(NCc3ccccc3S(=O)(=O)O)ccc12. The fourth-order valence-corrected chi connectivity index (χ4v) is 8.20.